The number of halogens is 2. The molecule has 1 rings (SSSR count). The van der Waals surface area contributed by atoms with Gasteiger partial charge in [-0.2, -0.15) is 0 Å². The van der Waals surface area contributed by atoms with Gasteiger partial charge < -0.3 is 11.1 Å². The molecule has 0 bridgehead atoms. The number of carbonyl (C=O) groups is 1. The average molecular weight is 334 g/mol. The molecule has 0 aliphatic rings. The first-order valence-electron chi connectivity index (χ1n) is 6.75. The Labute approximate surface area is 134 Å². The highest BCUT2D eigenvalue weighted by molar-refractivity contribution is 5.98. The summed E-state index contributed by atoms with van der Waals surface area (Å²) in [6, 6.07) is 1.90. The molecule has 0 atom stereocenters. The molecule has 124 valence electrons. The smallest absolute Gasteiger partial charge is 0.285 e. The fraction of sp³-hybridized carbons (Fsp3) is 0.500. The number of nitro groups is 1. The van der Waals surface area contributed by atoms with Gasteiger partial charge in [-0.3, -0.25) is 14.9 Å². The van der Waals surface area contributed by atoms with Gasteiger partial charge in [0.1, 0.15) is 11.4 Å². The van der Waals surface area contributed by atoms with Crippen LogP contribution in [0.3, 0.4) is 0 Å². The Morgan fingerprint density at radius 2 is 1.95 bits per heavy atom. The van der Waals surface area contributed by atoms with E-state index in [9.17, 15) is 19.3 Å². The van der Waals surface area contributed by atoms with E-state index >= 15 is 0 Å². The summed E-state index contributed by atoms with van der Waals surface area (Å²) >= 11 is 0. The van der Waals surface area contributed by atoms with Crippen LogP contribution in [0.1, 0.15) is 42.6 Å². The zero-order valence-corrected chi connectivity index (χ0v) is 13.6. The summed E-state index contributed by atoms with van der Waals surface area (Å²) in [7, 11) is 0. The van der Waals surface area contributed by atoms with Crippen molar-refractivity contribution in [3.63, 3.8) is 0 Å². The summed E-state index contributed by atoms with van der Waals surface area (Å²) in [6.45, 7) is 5.35. The molecule has 0 radical (unpaired) electrons. The van der Waals surface area contributed by atoms with Gasteiger partial charge in [-0.1, -0.05) is 13.8 Å². The summed E-state index contributed by atoms with van der Waals surface area (Å²) in [4.78, 5) is 22.5. The van der Waals surface area contributed by atoms with Gasteiger partial charge in [0.05, 0.1) is 4.92 Å². The first-order valence-corrected chi connectivity index (χ1v) is 6.75. The van der Waals surface area contributed by atoms with E-state index in [-0.39, 0.29) is 35.8 Å². The lowest BCUT2D eigenvalue weighted by molar-refractivity contribution is -0.385. The third-order valence-electron chi connectivity index (χ3n) is 3.70. The quantitative estimate of drug-likeness (QED) is 0.617. The van der Waals surface area contributed by atoms with Crippen LogP contribution in [-0.4, -0.2) is 22.9 Å². The number of nitrogens with one attached hydrogen (secondary N) is 1. The second-order valence-electron chi connectivity index (χ2n) is 5.13. The van der Waals surface area contributed by atoms with Gasteiger partial charge in [0.15, 0.2) is 0 Å². The highest BCUT2D eigenvalue weighted by Gasteiger charge is 2.26. The molecule has 6 nitrogen and oxygen atoms in total. The monoisotopic (exact) mass is 333 g/mol. The average Bonchev–Trinajstić information content (AvgIpc) is 2.43. The van der Waals surface area contributed by atoms with Crippen LogP contribution < -0.4 is 11.1 Å². The lowest BCUT2D eigenvalue weighted by atomic mass is 9.94. The van der Waals surface area contributed by atoms with Crippen LogP contribution in [0, 0.1) is 22.9 Å². The van der Waals surface area contributed by atoms with Crippen molar-refractivity contribution < 1.29 is 14.1 Å². The summed E-state index contributed by atoms with van der Waals surface area (Å²) in [6.07, 6.45) is 1.29. The summed E-state index contributed by atoms with van der Waals surface area (Å²) < 4.78 is 13.4. The molecule has 3 N–H and O–H groups in total. The first kappa shape index (κ1) is 20.3. The van der Waals surface area contributed by atoms with E-state index in [1.165, 1.54) is 6.92 Å². The largest absolute Gasteiger partial charge is 0.350 e. The molecular weight excluding hydrogens is 313 g/mol. The van der Waals surface area contributed by atoms with Crippen molar-refractivity contribution in [2.45, 2.75) is 39.2 Å². The lowest BCUT2D eigenvalue weighted by Crippen LogP contribution is -2.49. The van der Waals surface area contributed by atoms with Gasteiger partial charge in [-0.05, 0) is 31.9 Å². The molecule has 1 aromatic carbocycles. The second kappa shape index (κ2) is 8.05. The molecule has 1 aromatic rings. The van der Waals surface area contributed by atoms with Crippen LogP contribution in [0.4, 0.5) is 10.1 Å². The van der Waals surface area contributed by atoms with Crippen molar-refractivity contribution in [2.75, 3.05) is 6.54 Å². The molecule has 0 unspecified atom stereocenters. The predicted octanol–water partition coefficient (Wildman–Crippen LogP) is 2.71. The SMILES string of the molecule is CCC(N)(CC)CNC(=O)c1cc(F)cc(C)c1[N+](=O)[O-].Cl. The Morgan fingerprint density at radius 1 is 1.41 bits per heavy atom. The minimum atomic E-state index is -0.693. The molecule has 0 saturated heterocycles. The molecule has 1 amide bonds. The summed E-state index contributed by atoms with van der Waals surface area (Å²) in [5.41, 5.74) is 4.92. The maximum Gasteiger partial charge on any atom is 0.285 e. The van der Waals surface area contributed by atoms with E-state index in [0.29, 0.717) is 12.8 Å². The molecule has 0 heterocycles. The minimum Gasteiger partial charge on any atom is -0.350 e. The number of carbonyl (C=O) groups excluding carboxylic acids is 1. The normalized spacial score (nSPS) is 10.8. The number of nitrogens with zero attached hydrogens (tertiary/aromatic N) is 1. The first-order chi connectivity index (χ1) is 9.74. The molecule has 8 heteroatoms. The van der Waals surface area contributed by atoms with E-state index in [1.54, 1.807) is 0 Å². The molecule has 0 aliphatic heterocycles. The maximum absolute atomic E-state index is 13.4. The van der Waals surface area contributed by atoms with E-state index in [1.807, 2.05) is 13.8 Å². The predicted molar refractivity (Wildman–Crippen MR) is 84.9 cm³/mol. The zero-order chi connectivity index (χ0) is 16.2. The van der Waals surface area contributed by atoms with E-state index in [2.05, 4.69) is 5.32 Å². The fourth-order valence-electron chi connectivity index (χ4n) is 2.00. The molecule has 0 saturated carbocycles. The molecular formula is C14H21ClFN3O3. The number of nitro benzene ring substituents is 1. The highest BCUT2D eigenvalue weighted by Crippen LogP contribution is 2.24. The fourth-order valence-corrected chi connectivity index (χ4v) is 2.00. The van der Waals surface area contributed by atoms with Crippen LogP contribution in [-0.2, 0) is 0 Å². The number of amides is 1. The van der Waals surface area contributed by atoms with Crippen molar-refractivity contribution >= 4 is 24.0 Å². The Morgan fingerprint density at radius 3 is 2.41 bits per heavy atom. The number of rotatable bonds is 6. The Balaban J connectivity index is 0.00000441. The minimum absolute atomic E-state index is 0. The topological polar surface area (TPSA) is 98.3 Å². The number of hydrogen-bond acceptors (Lipinski definition) is 4. The summed E-state index contributed by atoms with van der Waals surface area (Å²) in [5, 5.41) is 13.6. The van der Waals surface area contributed by atoms with Gasteiger partial charge in [-0.25, -0.2) is 4.39 Å². The van der Waals surface area contributed by atoms with E-state index < -0.39 is 22.2 Å². The lowest BCUT2D eigenvalue weighted by Gasteiger charge is -2.26. The van der Waals surface area contributed by atoms with Crippen molar-refractivity contribution in [2.24, 2.45) is 5.73 Å². The number of hydrogen-bond donors (Lipinski definition) is 2. The van der Waals surface area contributed by atoms with Crippen LogP contribution in [0.25, 0.3) is 0 Å². The standard InChI is InChI=1S/C14H20FN3O3.ClH/c1-4-14(16,5-2)8-17-13(19)11-7-10(15)6-9(3)12(11)18(20)21;/h6-7H,4-5,8,16H2,1-3H3,(H,17,19);1H. The van der Waals surface area contributed by atoms with E-state index in [0.717, 1.165) is 12.1 Å². The second-order valence-corrected chi connectivity index (χ2v) is 5.13. The molecule has 0 aliphatic carbocycles. The van der Waals surface area contributed by atoms with Crippen molar-refractivity contribution in [3.05, 3.63) is 39.2 Å². The van der Waals surface area contributed by atoms with Crippen LogP contribution >= 0.6 is 12.4 Å². The molecule has 0 spiro atoms. The van der Waals surface area contributed by atoms with Gasteiger partial charge in [0.2, 0.25) is 0 Å². The van der Waals surface area contributed by atoms with Crippen LogP contribution in [0.2, 0.25) is 0 Å². The van der Waals surface area contributed by atoms with Gasteiger partial charge in [0, 0.05) is 17.6 Å². The Bertz CT molecular complexity index is 563. The highest BCUT2D eigenvalue weighted by atomic mass is 35.5. The van der Waals surface area contributed by atoms with Crippen molar-refractivity contribution in [3.8, 4) is 0 Å². The third-order valence-corrected chi connectivity index (χ3v) is 3.70. The number of benzene rings is 1. The molecule has 0 fully saturated rings. The molecule has 22 heavy (non-hydrogen) atoms. The Hall–Kier alpha value is -1.73. The maximum atomic E-state index is 13.4. The van der Waals surface area contributed by atoms with E-state index in [4.69, 9.17) is 5.73 Å². The van der Waals surface area contributed by atoms with Crippen molar-refractivity contribution in [1.29, 1.82) is 0 Å². The Kier molecular flexibility index (Phi) is 7.42. The summed E-state index contributed by atoms with van der Waals surface area (Å²) in [5.74, 6) is -1.38. The number of aryl methyl sites for hydroxylation is 1. The molecule has 0 aromatic heterocycles. The van der Waals surface area contributed by atoms with Gasteiger partial charge >= 0.3 is 0 Å². The number of nitrogens with two attached hydrogens (primary N) is 1. The van der Waals surface area contributed by atoms with Crippen LogP contribution in [0.15, 0.2) is 12.1 Å². The van der Waals surface area contributed by atoms with Gasteiger partial charge in [-0.15, -0.1) is 12.4 Å². The van der Waals surface area contributed by atoms with Gasteiger partial charge in [0.25, 0.3) is 11.6 Å². The van der Waals surface area contributed by atoms with Crippen LogP contribution in [0.5, 0.6) is 0 Å². The van der Waals surface area contributed by atoms with Crippen molar-refractivity contribution in [1.82, 2.24) is 5.32 Å². The zero-order valence-electron chi connectivity index (χ0n) is 12.8. The third kappa shape index (κ3) is 4.64.